The number of aromatic amines is 1. The number of hydrogen-bond donors (Lipinski definition) is 2. The summed E-state index contributed by atoms with van der Waals surface area (Å²) < 4.78 is 19.9. The lowest BCUT2D eigenvalue weighted by Crippen LogP contribution is -2.01. The Morgan fingerprint density at radius 2 is 1.90 bits per heavy atom. The van der Waals surface area contributed by atoms with Crippen molar-refractivity contribution in [1.29, 1.82) is 0 Å². The number of halogens is 1. The number of aromatic carboxylic acids is 1. The number of carboxylic acids is 1. The van der Waals surface area contributed by atoms with Gasteiger partial charge in [-0.3, -0.25) is 0 Å². The molecule has 29 heavy (non-hydrogen) atoms. The van der Waals surface area contributed by atoms with Crippen molar-refractivity contribution in [1.82, 2.24) is 4.98 Å². The number of carbonyl (C=O) groups is 1. The van der Waals surface area contributed by atoms with Crippen LogP contribution in [0.15, 0.2) is 67.0 Å². The predicted octanol–water partition coefficient (Wildman–Crippen LogP) is 6.34. The van der Waals surface area contributed by atoms with Gasteiger partial charge in [0.25, 0.3) is 0 Å². The van der Waals surface area contributed by atoms with Crippen LogP contribution < -0.4 is 4.74 Å². The number of ether oxygens (including phenoxy) is 1. The van der Waals surface area contributed by atoms with Gasteiger partial charge in [-0.25, -0.2) is 9.18 Å². The van der Waals surface area contributed by atoms with E-state index in [4.69, 9.17) is 4.74 Å². The third-order valence-corrected chi connectivity index (χ3v) is 5.33. The van der Waals surface area contributed by atoms with E-state index < -0.39 is 11.8 Å². The second-order valence-electron chi connectivity index (χ2n) is 7.34. The van der Waals surface area contributed by atoms with Gasteiger partial charge in [0, 0.05) is 18.0 Å². The monoisotopic (exact) mass is 387 g/mol. The first-order valence-corrected chi connectivity index (χ1v) is 9.50. The highest BCUT2D eigenvalue weighted by Crippen LogP contribution is 2.45. The molecule has 1 aliphatic rings. The number of H-pyrrole nitrogens is 1. The van der Waals surface area contributed by atoms with Crippen LogP contribution in [0.25, 0.3) is 21.9 Å². The summed E-state index contributed by atoms with van der Waals surface area (Å²) >= 11 is 0. The van der Waals surface area contributed by atoms with E-state index in [1.807, 2.05) is 30.3 Å². The molecule has 4 nitrogen and oxygen atoms in total. The first-order chi connectivity index (χ1) is 14.1. The van der Waals surface area contributed by atoms with Crippen molar-refractivity contribution in [3.05, 3.63) is 83.9 Å². The molecule has 0 spiro atoms. The summed E-state index contributed by atoms with van der Waals surface area (Å²) in [5.74, 6) is -0.191. The molecule has 3 aromatic carbocycles. The molecule has 1 aliphatic carbocycles. The maximum Gasteiger partial charge on any atom is 0.339 e. The SMILES string of the molecule is O=C(O)c1cc(-c2c[nH]cc2F)ccc1Oc1cc(C2CC2)c2ccccc2c1. The lowest BCUT2D eigenvalue weighted by Gasteiger charge is -2.13. The zero-order valence-corrected chi connectivity index (χ0v) is 15.5. The van der Waals surface area contributed by atoms with Crippen molar-refractivity contribution < 1.29 is 19.0 Å². The number of aromatic nitrogens is 1. The van der Waals surface area contributed by atoms with Gasteiger partial charge < -0.3 is 14.8 Å². The van der Waals surface area contributed by atoms with Gasteiger partial charge in [-0.05, 0) is 64.9 Å². The summed E-state index contributed by atoms with van der Waals surface area (Å²) in [4.78, 5) is 14.5. The van der Waals surface area contributed by atoms with Crippen LogP contribution in [0.1, 0.15) is 34.7 Å². The van der Waals surface area contributed by atoms with Gasteiger partial charge in [-0.1, -0.05) is 30.3 Å². The van der Waals surface area contributed by atoms with E-state index in [-0.39, 0.29) is 11.3 Å². The molecule has 0 atom stereocenters. The second kappa shape index (κ2) is 6.78. The van der Waals surface area contributed by atoms with Gasteiger partial charge in [0.2, 0.25) is 0 Å². The highest BCUT2D eigenvalue weighted by molar-refractivity contribution is 5.93. The molecular weight excluding hydrogens is 369 g/mol. The quantitative estimate of drug-likeness (QED) is 0.420. The van der Waals surface area contributed by atoms with Crippen molar-refractivity contribution in [2.24, 2.45) is 0 Å². The third-order valence-electron chi connectivity index (χ3n) is 5.33. The maximum atomic E-state index is 13.9. The average molecular weight is 387 g/mol. The lowest BCUT2D eigenvalue weighted by molar-refractivity contribution is 0.0694. The molecule has 0 bridgehead atoms. The summed E-state index contributed by atoms with van der Waals surface area (Å²) in [5, 5.41) is 12.0. The minimum absolute atomic E-state index is 0.00997. The van der Waals surface area contributed by atoms with E-state index in [1.165, 1.54) is 29.4 Å². The summed E-state index contributed by atoms with van der Waals surface area (Å²) in [6.07, 6.45) is 5.05. The maximum absolute atomic E-state index is 13.9. The molecule has 1 saturated carbocycles. The molecule has 0 radical (unpaired) electrons. The van der Waals surface area contributed by atoms with E-state index in [0.717, 1.165) is 18.2 Å². The van der Waals surface area contributed by atoms with Crippen LogP contribution in [0, 0.1) is 5.82 Å². The van der Waals surface area contributed by atoms with Crippen LogP contribution in [-0.4, -0.2) is 16.1 Å². The Kier molecular flexibility index (Phi) is 4.09. The Labute approximate surface area is 166 Å². The molecular formula is C24H18FNO3. The topological polar surface area (TPSA) is 62.3 Å². The van der Waals surface area contributed by atoms with Crippen molar-refractivity contribution >= 4 is 16.7 Å². The second-order valence-corrected chi connectivity index (χ2v) is 7.34. The molecule has 0 saturated heterocycles. The van der Waals surface area contributed by atoms with Gasteiger partial charge in [0.1, 0.15) is 22.9 Å². The van der Waals surface area contributed by atoms with E-state index in [0.29, 0.717) is 22.8 Å². The van der Waals surface area contributed by atoms with Crippen LogP contribution in [0.4, 0.5) is 4.39 Å². The van der Waals surface area contributed by atoms with Gasteiger partial charge in [0.15, 0.2) is 0 Å². The molecule has 5 heteroatoms. The minimum Gasteiger partial charge on any atom is -0.478 e. The first-order valence-electron chi connectivity index (χ1n) is 9.50. The van der Waals surface area contributed by atoms with Crippen LogP contribution in [0.2, 0.25) is 0 Å². The van der Waals surface area contributed by atoms with E-state index in [1.54, 1.807) is 12.1 Å². The van der Waals surface area contributed by atoms with Gasteiger partial charge >= 0.3 is 5.97 Å². The molecule has 1 fully saturated rings. The number of fused-ring (bicyclic) bond motifs is 1. The van der Waals surface area contributed by atoms with Gasteiger partial charge in [-0.15, -0.1) is 0 Å². The molecule has 144 valence electrons. The predicted molar refractivity (Wildman–Crippen MR) is 109 cm³/mol. The largest absolute Gasteiger partial charge is 0.478 e. The molecule has 4 aromatic rings. The standard InChI is InChI=1S/C24H18FNO3/c25-22-13-26-12-21(22)16-7-8-23(20(10-16)24(27)28)29-17-9-15-3-1-2-4-18(15)19(11-17)14-5-6-14/h1-4,7-14,26H,5-6H2,(H,27,28). The minimum atomic E-state index is -1.12. The van der Waals surface area contributed by atoms with Crippen molar-refractivity contribution in [2.45, 2.75) is 18.8 Å². The zero-order valence-electron chi connectivity index (χ0n) is 15.5. The molecule has 0 unspecified atom stereocenters. The summed E-state index contributed by atoms with van der Waals surface area (Å²) in [6.45, 7) is 0. The summed E-state index contributed by atoms with van der Waals surface area (Å²) in [6, 6.07) is 16.8. The fourth-order valence-corrected chi connectivity index (χ4v) is 3.75. The van der Waals surface area contributed by atoms with E-state index in [2.05, 4.69) is 11.1 Å². The fourth-order valence-electron chi connectivity index (χ4n) is 3.75. The van der Waals surface area contributed by atoms with Crippen LogP contribution >= 0.6 is 0 Å². The van der Waals surface area contributed by atoms with Crippen LogP contribution in [-0.2, 0) is 0 Å². The Morgan fingerprint density at radius 1 is 1.07 bits per heavy atom. The third kappa shape index (κ3) is 3.25. The molecule has 0 aliphatic heterocycles. The number of hydrogen-bond acceptors (Lipinski definition) is 2. The lowest BCUT2D eigenvalue weighted by atomic mass is 10.0. The van der Waals surface area contributed by atoms with Gasteiger partial charge in [0.05, 0.1) is 0 Å². The normalized spacial score (nSPS) is 13.6. The molecule has 2 N–H and O–H groups in total. The number of carboxylic acid groups (broad SMARTS) is 1. The van der Waals surface area contributed by atoms with Crippen molar-refractivity contribution in [3.8, 4) is 22.6 Å². The number of nitrogens with one attached hydrogen (secondary N) is 1. The van der Waals surface area contributed by atoms with E-state index >= 15 is 0 Å². The highest BCUT2D eigenvalue weighted by atomic mass is 19.1. The fraction of sp³-hybridized carbons (Fsp3) is 0.125. The van der Waals surface area contributed by atoms with Gasteiger partial charge in [-0.2, -0.15) is 0 Å². The van der Waals surface area contributed by atoms with Crippen molar-refractivity contribution in [3.63, 3.8) is 0 Å². The molecule has 5 rings (SSSR count). The highest BCUT2D eigenvalue weighted by Gasteiger charge is 2.26. The molecule has 1 aromatic heterocycles. The average Bonchev–Trinajstić information content (AvgIpc) is 3.48. The Balaban J connectivity index is 1.56. The van der Waals surface area contributed by atoms with Crippen LogP contribution in [0.5, 0.6) is 11.5 Å². The number of rotatable bonds is 5. The summed E-state index contributed by atoms with van der Waals surface area (Å²) in [7, 11) is 0. The molecule has 0 amide bonds. The van der Waals surface area contributed by atoms with Crippen LogP contribution in [0.3, 0.4) is 0 Å². The zero-order chi connectivity index (χ0) is 20.0. The first kappa shape index (κ1) is 17.5. The summed E-state index contributed by atoms with van der Waals surface area (Å²) in [5.41, 5.74) is 2.02. The molecule has 1 heterocycles. The number of benzene rings is 3. The Morgan fingerprint density at radius 3 is 2.62 bits per heavy atom. The van der Waals surface area contributed by atoms with Crippen molar-refractivity contribution in [2.75, 3.05) is 0 Å². The smallest absolute Gasteiger partial charge is 0.339 e. The Hall–Kier alpha value is -3.60. The Bertz CT molecular complexity index is 1240. The van der Waals surface area contributed by atoms with E-state index in [9.17, 15) is 14.3 Å².